The molecule has 0 atom stereocenters. The molecule has 0 unspecified atom stereocenters. The topological polar surface area (TPSA) is 80.5 Å². The minimum absolute atomic E-state index is 0.125. The molecule has 0 radical (unpaired) electrons. The zero-order chi connectivity index (χ0) is 19.5. The van der Waals surface area contributed by atoms with Crippen LogP contribution in [0, 0.1) is 0 Å². The van der Waals surface area contributed by atoms with E-state index in [0.717, 1.165) is 28.2 Å². The molecule has 2 heterocycles. The van der Waals surface area contributed by atoms with Crippen LogP contribution < -0.4 is 15.4 Å². The van der Waals surface area contributed by atoms with Gasteiger partial charge in [0.1, 0.15) is 5.75 Å². The number of anilines is 2. The monoisotopic (exact) mass is 373 g/mol. The van der Waals surface area contributed by atoms with Gasteiger partial charge in [0.2, 0.25) is 5.95 Å². The highest BCUT2D eigenvalue weighted by Gasteiger charge is 2.11. The van der Waals surface area contributed by atoms with Crippen molar-refractivity contribution in [3.8, 4) is 16.9 Å². The van der Waals surface area contributed by atoms with Gasteiger partial charge >= 0.3 is 0 Å². The Morgan fingerprint density at radius 1 is 1.07 bits per heavy atom. The maximum Gasteiger partial charge on any atom is 0.251 e. The SMILES string of the molecule is CNC(=O)c1ccc(Nc2nc3c(-c4cccc(OC)c4)cccn3n2)cc1. The zero-order valence-corrected chi connectivity index (χ0v) is 15.5. The highest BCUT2D eigenvalue weighted by Crippen LogP contribution is 2.27. The van der Waals surface area contributed by atoms with Crippen LogP contribution in [0.5, 0.6) is 5.75 Å². The van der Waals surface area contributed by atoms with Crippen LogP contribution >= 0.6 is 0 Å². The van der Waals surface area contributed by atoms with Crippen molar-refractivity contribution in [1.82, 2.24) is 19.9 Å². The van der Waals surface area contributed by atoms with Crippen molar-refractivity contribution in [2.24, 2.45) is 0 Å². The lowest BCUT2D eigenvalue weighted by Gasteiger charge is -2.05. The summed E-state index contributed by atoms with van der Waals surface area (Å²) >= 11 is 0. The number of nitrogens with zero attached hydrogens (tertiary/aromatic N) is 3. The highest BCUT2D eigenvalue weighted by atomic mass is 16.5. The number of amides is 1. The van der Waals surface area contributed by atoms with Crippen LogP contribution in [-0.2, 0) is 0 Å². The maximum absolute atomic E-state index is 11.6. The molecule has 2 aromatic carbocycles. The van der Waals surface area contributed by atoms with Gasteiger partial charge in [-0.3, -0.25) is 4.79 Å². The molecule has 0 aliphatic carbocycles. The van der Waals surface area contributed by atoms with Crippen LogP contribution in [0.2, 0.25) is 0 Å². The first-order chi connectivity index (χ1) is 13.7. The van der Waals surface area contributed by atoms with Crippen LogP contribution in [0.4, 0.5) is 11.6 Å². The summed E-state index contributed by atoms with van der Waals surface area (Å²) < 4.78 is 7.06. The van der Waals surface area contributed by atoms with Crippen LogP contribution in [0.25, 0.3) is 16.8 Å². The fraction of sp³-hybridized carbons (Fsp3) is 0.0952. The molecular formula is C21H19N5O2. The second-order valence-electron chi connectivity index (χ2n) is 6.14. The molecule has 0 fully saturated rings. The first kappa shape index (κ1) is 17.5. The number of pyridine rings is 1. The second kappa shape index (κ2) is 7.40. The van der Waals surface area contributed by atoms with Crippen molar-refractivity contribution in [3.63, 3.8) is 0 Å². The van der Waals surface area contributed by atoms with E-state index in [1.807, 2.05) is 54.7 Å². The predicted molar refractivity (Wildman–Crippen MR) is 108 cm³/mol. The predicted octanol–water partition coefficient (Wildman–Crippen LogP) is 3.51. The van der Waals surface area contributed by atoms with Crippen molar-refractivity contribution < 1.29 is 9.53 Å². The van der Waals surface area contributed by atoms with Gasteiger partial charge in [-0.1, -0.05) is 12.1 Å². The van der Waals surface area contributed by atoms with E-state index in [1.165, 1.54) is 0 Å². The quantitative estimate of drug-likeness (QED) is 0.560. The minimum Gasteiger partial charge on any atom is -0.497 e. The number of carbonyl (C=O) groups is 1. The van der Waals surface area contributed by atoms with Gasteiger partial charge in [0, 0.05) is 30.1 Å². The average Bonchev–Trinajstić information content (AvgIpc) is 3.16. The number of rotatable bonds is 5. The van der Waals surface area contributed by atoms with E-state index >= 15 is 0 Å². The highest BCUT2D eigenvalue weighted by molar-refractivity contribution is 5.94. The standard InChI is InChI=1S/C21H19N5O2/c1-22-20(27)14-8-10-16(11-9-14)23-21-24-19-18(7-4-12-26(19)25-21)15-5-3-6-17(13-15)28-2/h3-13H,1-2H3,(H,22,27)(H,23,25). The lowest BCUT2D eigenvalue weighted by Crippen LogP contribution is -2.17. The molecule has 2 aromatic heterocycles. The molecule has 2 N–H and O–H groups in total. The molecule has 4 rings (SSSR count). The Balaban J connectivity index is 1.66. The van der Waals surface area contributed by atoms with Gasteiger partial charge in [-0.15, -0.1) is 5.10 Å². The van der Waals surface area contributed by atoms with E-state index in [2.05, 4.69) is 20.7 Å². The molecule has 0 aliphatic rings. The molecule has 0 saturated carbocycles. The fourth-order valence-corrected chi connectivity index (χ4v) is 2.95. The fourth-order valence-electron chi connectivity index (χ4n) is 2.95. The van der Waals surface area contributed by atoms with Crippen molar-refractivity contribution in [2.75, 3.05) is 19.5 Å². The van der Waals surface area contributed by atoms with E-state index in [9.17, 15) is 4.79 Å². The van der Waals surface area contributed by atoms with E-state index in [-0.39, 0.29) is 5.91 Å². The average molecular weight is 373 g/mol. The second-order valence-corrected chi connectivity index (χ2v) is 6.14. The van der Waals surface area contributed by atoms with Gasteiger partial charge in [0.05, 0.1) is 7.11 Å². The van der Waals surface area contributed by atoms with E-state index in [0.29, 0.717) is 11.5 Å². The van der Waals surface area contributed by atoms with Crippen molar-refractivity contribution >= 4 is 23.2 Å². The Bertz CT molecular complexity index is 1140. The van der Waals surface area contributed by atoms with Gasteiger partial charge in [0.25, 0.3) is 5.91 Å². The minimum atomic E-state index is -0.125. The summed E-state index contributed by atoms with van der Waals surface area (Å²) in [5, 5.41) is 10.3. The van der Waals surface area contributed by atoms with Gasteiger partial charge in [-0.05, 0) is 54.1 Å². The number of hydrogen-bond acceptors (Lipinski definition) is 5. The molecule has 4 aromatic rings. The third-order valence-electron chi connectivity index (χ3n) is 4.37. The van der Waals surface area contributed by atoms with Crippen LogP contribution in [-0.4, -0.2) is 34.7 Å². The summed E-state index contributed by atoms with van der Waals surface area (Å²) in [4.78, 5) is 16.3. The number of carbonyl (C=O) groups excluding carboxylic acids is 1. The summed E-state index contributed by atoms with van der Waals surface area (Å²) in [6.07, 6.45) is 1.85. The molecule has 0 saturated heterocycles. The molecule has 0 aliphatic heterocycles. The maximum atomic E-state index is 11.6. The van der Waals surface area contributed by atoms with Gasteiger partial charge in [-0.25, -0.2) is 4.52 Å². The summed E-state index contributed by atoms with van der Waals surface area (Å²) in [5.74, 6) is 1.14. The van der Waals surface area contributed by atoms with E-state index in [4.69, 9.17) is 4.74 Å². The summed E-state index contributed by atoms with van der Waals surface area (Å²) in [6.45, 7) is 0. The van der Waals surface area contributed by atoms with Crippen LogP contribution in [0.15, 0.2) is 66.9 Å². The number of nitrogens with one attached hydrogen (secondary N) is 2. The first-order valence-corrected chi connectivity index (χ1v) is 8.77. The Hall–Kier alpha value is -3.87. The molecule has 0 bridgehead atoms. The van der Waals surface area contributed by atoms with Crippen molar-refractivity contribution in [2.45, 2.75) is 0 Å². The summed E-state index contributed by atoms with van der Waals surface area (Å²) in [7, 11) is 3.25. The molecule has 1 amide bonds. The number of methoxy groups -OCH3 is 1. The number of ether oxygens (including phenoxy) is 1. The number of aromatic nitrogens is 3. The van der Waals surface area contributed by atoms with E-state index in [1.54, 1.807) is 30.8 Å². The van der Waals surface area contributed by atoms with Crippen LogP contribution in [0.1, 0.15) is 10.4 Å². The molecule has 28 heavy (non-hydrogen) atoms. The molecular weight excluding hydrogens is 354 g/mol. The molecule has 140 valence electrons. The third-order valence-corrected chi connectivity index (χ3v) is 4.37. The van der Waals surface area contributed by atoms with Gasteiger partial charge in [-0.2, -0.15) is 4.98 Å². The van der Waals surface area contributed by atoms with Crippen molar-refractivity contribution in [3.05, 3.63) is 72.4 Å². The molecule has 7 heteroatoms. The van der Waals surface area contributed by atoms with Crippen LogP contribution in [0.3, 0.4) is 0 Å². The van der Waals surface area contributed by atoms with Gasteiger partial charge in [0.15, 0.2) is 5.65 Å². The molecule has 0 spiro atoms. The number of benzene rings is 2. The zero-order valence-electron chi connectivity index (χ0n) is 15.5. The molecule has 7 nitrogen and oxygen atoms in total. The third kappa shape index (κ3) is 3.37. The number of hydrogen-bond donors (Lipinski definition) is 2. The Kier molecular flexibility index (Phi) is 4.63. The number of fused-ring (bicyclic) bond motifs is 1. The first-order valence-electron chi connectivity index (χ1n) is 8.77. The lowest BCUT2D eigenvalue weighted by molar-refractivity contribution is 0.0963. The summed E-state index contributed by atoms with van der Waals surface area (Å²) in [5.41, 5.74) is 4.08. The lowest BCUT2D eigenvalue weighted by atomic mass is 10.1. The largest absolute Gasteiger partial charge is 0.497 e. The Morgan fingerprint density at radius 2 is 1.89 bits per heavy atom. The van der Waals surface area contributed by atoms with E-state index < -0.39 is 0 Å². The normalized spacial score (nSPS) is 10.6. The smallest absolute Gasteiger partial charge is 0.251 e. The Morgan fingerprint density at radius 3 is 2.64 bits per heavy atom. The summed E-state index contributed by atoms with van der Waals surface area (Å²) in [6, 6.07) is 18.9. The van der Waals surface area contributed by atoms with Gasteiger partial charge < -0.3 is 15.4 Å². The van der Waals surface area contributed by atoms with Crippen molar-refractivity contribution in [1.29, 1.82) is 0 Å². The Labute approximate surface area is 162 Å².